The number of nitrogens with one attached hydrogen (secondary N) is 1. The molecule has 0 radical (unpaired) electrons. The summed E-state index contributed by atoms with van der Waals surface area (Å²) in [5, 5.41) is 0.578. The van der Waals surface area contributed by atoms with Crippen molar-refractivity contribution in [3.63, 3.8) is 0 Å². The molecule has 1 fully saturated rings. The molecule has 1 saturated heterocycles. The largest absolute Gasteiger partial charge is 0.378 e. The topological polar surface area (TPSA) is 85.2 Å². The molecule has 0 spiro atoms. The maximum Gasteiger partial charge on any atom is 0.330 e. The van der Waals surface area contributed by atoms with Gasteiger partial charge in [0.05, 0.1) is 19.0 Å². The molecule has 1 aliphatic rings. The molecule has 8 nitrogen and oxygen atoms in total. The summed E-state index contributed by atoms with van der Waals surface area (Å²) in [5.41, 5.74) is 0.903. The van der Waals surface area contributed by atoms with Crippen LogP contribution >= 0.6 is 24.0 Å². The number of ether oxygens (including phenoxy) is 1. The second-order valence-electron chi connectivity index (χ2n) is 5.23. The molecular formula is C13H17N5O3S2. The summed E-state index contributed by atoms with van der Waals surface area (Å²) in [6.45, 7) is 2.41. The first kappa shape index (κ1) is 16.2. The van der Waals surface area contributed by atoms with E-state index in [0.29, 0.717) is 47.3 Å². The van der Waals surface area contributed by atoms with Gasteiger partial charge in [-0.15, -0.1) is 0 Å². The molecule has 0 unspecified atom stereocenters. The van der Waals surface area contributed by atoms with Gasteiger partial charge in [-0.1, -0.05) is 24.0 Å². The SMILES string of the molecule is Cn1c(=S)c2[nH]c(SCC(=O)N3CCOCC3)nc2n(C)c1=O. The van der Waals surface area contributed by atoms with Crippen LogP contribution in [0.3, 0.4) is 0 Å². The fraction of sp³-hybridized carbons (Fsp3) is 0.538. The number of aromatic amines is 1. The van der Waals surface area contributed by atoms with Gasteiger partial charge in [0.1, 0.15) is 10.2 Å². The van der Waals surface area contributed by atoms with Gasteiger partial charge in [-0.05, 0) is 0 Å². The average molecular weight is 355 g/mol. The number of aromatic nitrogens is 4. The van der Waals surface area contributed by atoms with Crippen LogP contribution in [0, 0.1) is 4.64 Å². The number of H-pyrrole nitrogens is 1. The molecule has 23 heavy (non-hydrogen) atoms. The fourth-order valence-corrected chi connectivity index (χ4v) is 3.40. The van der Waals surface area contributed by atoms with E-state index in [1.165, 1.54) is 20.9 Å². The van der Waals surface area contributed by atoms with Crippen LogP contribution in [-0.4, -0.2) is 62.0 Å². The minimum atomic E-state index is -0.227. The summed E-state index contributed by atoms with van der Waals surface area (Å²) in [4.78, 5) is 33.4. The van der Waals surface area contributed by atoms with Gasteiger partial charge >= 0.3 is 5.69 Å². The molecule has 2 aromatic rings. The number of imidazole rings is 1. The molecule has 1 aliphatic heterocycles. The Hall–Kier alpha value is -1.65. The van der Waals surface area contributed by atoms with Crippen molar-refractivity contribution >= 4 is 41.1 Å². The van der Waals surface area contributed by atoms with E-state index in [1.807, 2.05) is 0 Å². The molecule has 2 aromatic heterocycles. The lowest BCUT2D eigenvalue weighted by Gasteiger charge is -2.26. The van der Waals surface area contributed by atoms with Gasteiger partial charge in [-0.25, -0.2) is 9.78 Å². The van der Waals surface area contributed by atoms with Crippen molar-refractivity contribution < 1.29 is 9.53 Å². The number of hydrogen-bond donors (Lipinski definition) is 1. The van der Waals surface area contributed by atoms with Crippen molar-refractivity contribution in [2.24, 2.45) is 14.1 Å². The number of nitrogens with zero attached hydrogens (tertiary/aromatic N) is 4. The highest BCUT2D eigenvalue weighted by Gasteiger charge is 2.18. The zero-order chi connectivity index (χ0) is 16.6. The highest BCUT2D eigenvalue weighted by atomic mass is 32.2. The molecule has 3 rings (SSSR count). The third-order valence-corrected chi connectivity index (χ3v) is 5.11. The van der Waals surface area contributed by atoms with Crippen LogP contribution in [0.2, 0.25) is 0 Å². The normalized spacial score (nSPS) is 15.3. The van der Waals surface area contributed by atoms with E-state index in [4.69, 9.17) is 17.0 Å². The Morgan fingerprint density at radius 2 is 2.04 bits per heavy atom. The van der Waals surface area contributed by atoms with E-state index >= 15 is 0 Å². The molecule has 10 heteroatoms. The van der Waals surface area contributed by atoms with Crippen LogP contribution in [0.15, 0.2) is 9.95 Å². The molecule has 124 valence electrons. The fourth-order valence-electron chi connectivity index (χ4n) is 2.41. The maximum absolute atomic E-state index is 12.2. The van der Waals surface area contributed by atoms with Crippen LogP contribution < -0.4 is 5.69 Å². The first-order chi connectivity index (χ1) is 11.0. The summed E-state index contributed by atoms with van der Waals surface area (Å²) in [7, 11) is 3.27. The third kappa shape index (κ3) is 3.06. The van der Waals surface area contributed by atoms with Crippen molar-refractivity contribution in [1.82, 2.24) is 24.0 Å². The van der Waals surface area contributed by atoms with Crippen molar-refractivity contribution in [1.29, 1.82) is 0 Å². The van der Waals surface area contributed by atoms with Crippen molar-refractivity contribution in [2.75, 3.05) is 32.1 Å². The lowest BCUT2D eigenvalue weighted by atomic mass is 10.4. The summed E-state index contributed by atoms with van der Waals surface area (Å²) < 4.78 is 8.47. The molecule has 1 amide bonds. The van der Waals surface area contributed by atoms with Gasteiger partial charge in [0.2, 0.25) is 5.91 Å². The van der Waals surface area contributed by atoms with E-state index in [1.54, 1.807) is 19.0 Å². The predicted octanol–water partition coefficient (Wildman–Crippen LogP) is 0.280. The molecule has 0 atom stereocenters. The highest BCUT2D eigenvalue weighted by Crippen LogP contribution is 2.19. The number of thioether (sulfide) groups is 1. The number of morpholine rings is 1. The highest BCUT2D eigenvalue weighted by molar-refractivity contribution is 7.99. The zero-order valence-electron chi connectivity index (χ0n) is 12.9. The van der Waals surface area contributed by atoms with Gasteiger partial charge in [0, 0.05) is 27.2 Å². The first-order valence-corrected chi connectivity index (χ1v) is 8.52. The number of amides is 1. The lowest BCUT2D eigenvalue weighted by Crippen LogP contribution is -2.41. The first-order valence-electron chi connectivity index (χ1n) is 7.13. The number of hydrogen-bond acceptors (Lipinski definition) is 6. The molecule has 1 N–H and O–H groups in total. The minimum Gasteiger partial charge on any atom is -0.378 e. The number of fused-ring (bicyclic) bond motifs is 1. The zero-order valence-corrected chi connectivity index (χ0v) is 14.5. The number of rotatable bonds is 3. The maximum atomic E-state index is 12.2. The van der Waals surface area contributed by atoms with E-state index < -0.39 is 0 Å². The monoisotopic (exact) mass is 355 g/mol. The van der Waals surface area contributed by atoms with Gasteiger partial charge in [0.15, 0.2) is 10.8 Å². The third-order valence-electron chi connectivity index (χ3n) is 3.77. The minimum absolute atomic E-state index is 0.0526. The van der Waals surface area contributed by atoms with E-state index in [0.717, 1.165) is 0 Å². The molecule has 0 aliphatic carbocycles. The van der Waals surface area contributed by atoms with Crippen LogP contribution in [0.1, 0.15) is 0 Å². The van der Waals surface area contributed by atoms with E-state index in [2.05, 4.69) is 9.97 Å². The van der Waals surface area contributed by atoms with Gasteiger partial charge in [0.25, 0.3) is 0 Å². The second-order valence-corrected chi connectivity index (χ2v) is 6.58. The molecular weight excluding hydrogens is 338 g/mol. The number of carbonyl (C=O) groups is 1. The molecule has 0 saturated carbocycles. The van der Waals surface area contributed by atoms with Gasteiger partial charge in [-0.2, -0.15) is 0 Å². The Bertz CT molecular complexity index is 863. The Kier molecular flexibility index (Phi) is 4.55. The Morgan fingerprint density at radius 1 is 1.35 bits per heavy atom. The van der Waals surface area contributed by atoms with Crippen LogP contribution in [0.25, 0.3) is 11.2 Å². The van der Waals surface area contributed by atoms with Crippen LogP contribution in [0.5, 0.6) is 0 Å². The Balaban J connectivity index is 1.80. The summed E-state index contributed by atoms with van der Waals surface area (Å²) in [6, 6.07) is 0. The van der Waals surface area contributed by atoms with Crippen LogP contribution in [0.4, 0.5) is 0 Å². The van der Waals surface area contributed by atoms with Gasteiger partial charge in [-0.3, -0.25) is 13.9 Å². The van der Waals surface area contributed by atoms with Crippen LogP contribution in [-0.2, 0) is 23.6 Å². The van der Waals surface area contributed by atoms with Crippen molar-refractivity contribution in [2.45, 2.75) is 5.16 Å². The standard InChI is InChI=1S/C13H17N5O3S2/c1-16-10-9(11(22)17(2)13(16)20)14-12(15-10)23-7-8(19)18-3-5-21-6-4-18/h3-7H2,1-2H3,(H,14,15). The quantitative estimate of drug-likeness (QED) is 0.629. The Morgan fingerprint density at radius 3 is 2.74 bits per heavy atom. The summed E-state index contributed by atoms with van der Waals surface area (Å²) >= 11 is 6.58. The van der Waals surface area contributed by atoms with Crippen molar-refractivity contribution in [3.05, 3.63) is 15.1 Å². The average Bonchev–Trinajstić information content (AvgIpc) is 3.01. The number of aryl methyl sites for hydroxylation is 1. The lowest BCUT2D eigenvalue weighted by molar-refractivity contribution is -0.132. The molecule has 0 aromatic carbocycles. The molecule has 0 bridgehead atoms. The van der Waals surface area contributed by atoms with E-state index in [-0.39, 0.29) is 17.3 Å². The summed E-state index contributed by atoms with van der Waals surface area (Å²) in [6.07, 6.45) is 0. The summed E-state index contributed by atoms with van der Waals surface area (Å²) in [5.74, 6) is 0.337. The smallest absolute Gasteiger partial charge is 0.330 e. The molecule has 3 heterocycles. The Labute approximate surface area is 141 Å². The predicted molar refractivity (Wildman–Crippen MR) is 89.3 cm³/mol. The van der Waals surface area contributed by atoms with Gasteiger partial charge < -0.3 is 14.6 Å². The van der Waals surface area contributed by atoms with Crippen molar-refractivity contribution in [3.8, 4) is 0 Å². The van der Waals surface area contributed by atoms with E-state index in [9.17, 15) is 9.59 Å². The second kappa shape index (κ2) is 6.46. The number of carbonyl (C=O) groups excluding carboxylic acids is 1.